The summed E-state index contributed by atoms with van der Waals surface area (Å²) in [7, 11) is 0. The molecule has 3 heterocycles. The second-order valence-corrected chi connectivity index (χ2v) is 6.89. The van der Waals surface area contributed by atoms with Gasteiger partial charge in [0.25, 0.3) is 0 Å². The lowest BCUT2D eigenvalue weighted by Crippen LogP contribution is -2.40. The molecular weight excluding hydrogens is 594 g/mol. The number of aliphatic hydroxyl groups is 1. The largest absolute Gasteiger partial charge is 0.451 e. The van der Waals surface area contributed by atoms with E-state index in [1.165, 1.54) is 23.0 Å². The molecule has 0 saturated heterocycles. The summed E-state index contributed by atoms with van der Waals surface area (Å²) in [5.41, 5.74) is -2.49. The number of hydrogen-bond acceptors (Lipinski definition) is 8. The highest BCUT2D eigenvalue weighted by Crippen LogP contribution is 2.42. The van der Waals surface area contributed by atoms with E-state index in [4.69, 9.17) is 3.07 Å². The first-order valence-corrected chi connectivity index (χ1v) is 9.21. The Bertz CT molecular complexity index is 1010. The number of anilines is 1. The molecule has 3 atom stereocenters. The third-order valence-corrected chi connectivity index (χ3v) is 4.77. The van der Waals surface area contributed by atoms with Crippen LogP contribution in [-0.4, -0.2) is 43.2 Å². The molecule has 1 aliphatic rings. The first-order valence-electron chi connectivity index (χ1n) is 8.33. The van der Waals surface area contributed by atoms with Crippen LogP contribution in [0.1, 0.15) is 23.3 Å². The number of halogens is 10. The Labute approximate surface area is 191 Å². The van der Waals surface area contributed by atoms with Crippen molar-refractivity contribution in [1.29, 1.82) is 0 Å². The number of rotatable bonds is 4. The van der Waals surface area contributed by atoms with Gasteiger partial charge in [0.15, 0.2) is 11.9 Å². The van der Waals surface area contributed by atoms with Crippen LogP contribution in [0.3, 0.4) is 0 Å². The highest BCUT2D eigenvalue weighted by atomic mass is 127. The molecule has 2 aromatic rings. The lowest BCUT2D eigenvalue weighted by molar-refractivity contribution is -0.145. The molecule has 1 N–H and O–H groups in total. The number of hydrazone groups is 1. The fourth-order valence-corrected chi connectivity index (χ4v) is 3.43. The summed E-state index contributed by atoms with van der Waals surface area (Å²) in [5.74, 6) is -5.19. The van der Waals surface area contributed by atoms with E-state index in [1.807, 2.05) is 0 Å². The molecule has 0 aromatic carbocycles. The van der Waals surface area contributed by atoms with Crippen LogP contribution in [0.5, 0.6) is 0 Å². The van der Waals surface area contributed by atoms with Crippen LogP contribution in [0.15, 0.2) is 29.9 Å². The standard InChI is InChI=1S/C15H8F9IN6O2/c16-13(17,18)9-7(8(33-25)5-1-26-11(27-2-5)14(19,20)21)10(32)31(30-9)6-3-28-12(29-4-6)15(22,23)24/h1-4,7-8,10,32H. The predicted molar refractivity (Wildman–Crippen MR) is 97.4 cm³/mol. The third kappa shape index (κ3) is 5.26. The Morgan fingerprint density at radius 2 is 1.27 bits per heavy atom. The molecule has 0 aliphatic carbocycles. The quantitative estimate of drug-likeness (QED) is 0.417. The average Bonchev–Trinajstić information content (AvgIpc) is 3.05. The fraction of sp³-hybridized carbons (Fsp3) is 0.400. The number of aromatic nitrogens is 4. The van der Waals surface area contributed by atoms with Gasteiger partial charge >= 0.3 is 18.5 Å². The molecule has 0 saturated carbocycles. The minimum absolute atomic E-state index is 0.321. The van der Waals surface area contributed by atoms with E-state index in [0.29, 0.717) is 29.8 Å². The SMILES string of the molecule is OC1C(C(OI)c2cnc(C(F)(F)F)nc2)C(C(F)(F)F)=NN1c1cnc(C(F)(F)F)nc1. The maximum absolute atomic E-state index is 13.6. The Morgan fingerprint density at radius 1 is 0.818 bits per heavy atom. The van der Waals surface area contributed by atoms with Crippen LogP contribution in [0.25, 0.3) is 0 Å². The van der Waals surface area contributed by atoms with Crippen molar-refractivity contribution in [2.24, 2.45) is 11.0 Å². The van der Waals surface area contributed by atoms with Gasteiger partial charge in [-0.05, 0) is 0 Å². The first kappa shape index (κ1) is 25.3. The Morgan fingerprint density at radius 3 is 1.67 bits per heavy atom. The zero-order valence-corrected chi connectivity index (χ0v) is 17.5. The van der Waals surface area contributed by atoms with E-state index in [-0.39, 0.29) is 5.56 Å². The van der Waals surface area contributed by atoms with Crippen LogP contribution in [0.2, 0.25) is 0 Å². The lowest BCUT2D eigenvalue weighted by atomic mass is 9.91. The zero-order chi connectivity index (χ0) is 24.8. The average molecular weight is 602 g/mol. The molecule has 180 valence electrons. The van der Waals surface area contributed by atoms with Gasteiger partial charge in [-0.25, -0.2) is 24.9 Å². The molecular formula is C15H8F9IN6O2. The summed E-state index contributed by atoms with van der Waals surface area (Å²) >= 11 is 1.17. The number of hydrogen-bond donors (Lipinski definition) is 1. The summed E-state index contributed by atoms with van der Waals surface area (Å²) in [6.45, 7) is 0. The number of nitrogens with zero attached hydrogens (tertiary/aromatic N) is 6. The normalized spacial score (nSPS) is 20.7. The minimum atomic E-state index is -5.16. The molecule has 0 bridgehead atoms. The van der Waals surface area contributed by atoms with E-state index in [0.717, 1.165) is 0 Å². The van der Waals surface area contributed by atoms with Gasteiger partial charge < -0.3 is 8.17 Å². The number of aliphatic hydroxyl groups excluding tert-OH is 1. The molecule has 3 unspecified atom stereocenters. The van der Waals surface area contributed by atoms with Crippen LogP contribution in [0, 0.1) is 5.92 Å². The molecule has 0 amide bonds. The van der Waals surface area contributed by atoms with Gasteiger partial charge in [0.2, 0.25) is 11.6 Å². The summed E-state index contributed by atoms with van der Waals surface area (Å²) < 4.78 is 122. The van der Waals surface area contributed by atoms with Gasteiger partial charge in [-0.2, -0.15) is 44.6 Å². The maximum Gasteiger partial charge on any atom is 0.451 e. The highest BCUT2D eigenvalue weighted by Gasteiger charge is 2.54. The van der Waals surface area contributed by atoms with Crippen LogP contribution in [-0.2, 0) is 15.4 Å². The molecule has 0 radical (unpaired) electrons. The van der Waals surface area contributed by atoms with Crippen molar-refractivity contribution in [2.75, 3.05) is 5.01 Å². The van der Waals surface area contributed by atoms with Crippen molar-refractivity contribution in [3.05, 3.63) is 42.0 Å². The summed E-state index contributed by atoms with van der Waals surface area (Å²) in [6.07, 6.45) is -16.8. The third-order valence-electron chi connectivity index (χ3n) is 4.23. The van der Waals surface area contributed by atoms with Crippen LogP contribution >= 0.6 is 23.0 Å². The highest BCUT2D eigenvalue weighted by molar-refractivity contribution is 14.1. The first-order chi connectivity index (χ1) is 15.1. The molecule has 1 aliphatic heterocycles. The maximum atomic E-state index is 13.6. The molecule has 0 spiro atoms. The van der Waals surface area contributed by atoms with Crippen LogP contribution < -0.4 is 5.01 Å². The molecule has 18 heteroatoms. The molecule has 33 heavy (non-hydrogen) atoms. The molecule has 8 nitrogen and oxygen atoms in total. The summed E-state index contributed by atoms with van der Waals surface area (Å²) in [5, 5.41) is 14.1. The van der Waals surface area contributed by atoms with E-state index in [9.17, 15) is 44.6 Å². The van der Waals surface area contributed by atoms with Crippen molar-refractivity contribution >= 4 is 34.4 Å². The van der Waals surface area contributed by atoms with Crippen molar-refractivity contribution in [3.63, 3.8) is 0 Å². The van der Waals surface area contributed by atoms with Gasteiger partial charge in [-0.3, -0.25) is 0 Å². The molecule has 3 rings (SSSR count). The molecule has 0 fully saturated rings. The van der Waals surface area contributed by atoms with Crippen molar-refractivity contribution in [1.82, 2.24) is 19.9 Å². The summed E-state index contributed by atoms with van der Waals surface area (Å²) in [6, 6.07) is 0. The fourth-order valence-electron chi connectivity index (χ4n) is 2.82. The smallest absolute Gasteiger partial charge is 0.371 e. The monoisotopic (exact) mass is 602 g/mol. The second kappa shape index (κ2) is 8.78. The van der Waals surface area contributed by atoms with Gasteiger partial charge in [-0.15, -0.1) is 0 Å². The second-order valence-electron chi connectivity index (χ2n) is 6.38. The lowest BCUT2D eigenvalue weighted by Gasteiger charge is -2.28. The van der Waals surface area contributed by atoms with Crippen molar-refractivity contribution < 1.29 is 47.7 Å². The van der Waals surface area contributed by atoms with Gasteiger partial charge in [0, 0.05) is 18.0 Å². The Kier molecular flexibility index (Phi) is 6.72. The zero-order valence-electron chi connectivity index (χ0n) is 15.4. The van der Waals surface area contributed by atoms with Gasteiger partial charge in [0.05, 0.1) is 24.0 Å². The topological polar surface area (TPSA) is 96.6 Å². The Balaban J connectivity index is 1.99. The Hall–Kier alpha value is -2.35. The van der Waals surface area contributed by atoms with Gasteiger partial charge in [0.1, 0.15) is 29.1 Å². The predicted octanol–water partition coefficient (Wildman–Crippen LogP) is 4.09. The van der Waals surface area contributed by atoms with Crippen LogP contribution in [0.4, 0.5) is 45.2 Å². The van der Waals surface area contributed by atoms with E-state index >= 15 is 0 Å². The van der Waals surface area contributed by atoms with Crippen molar-refractivity contribution in [2.45, 2.75) is 30.9 Å². The number of alkyl halides is 9. The van der Waals surface area contributed by atoms with E-state index in [2.05, 4.69) is 25.0 Å². The van der Waals surface area contributed by atoms with E-state index in [1.54, 1.807) is 0 Å². The summed E-state index contributed by atoms with van der Waals surface area (Å²) in [4.78, 5) is 12.1. The van der Waals surface area contributed by atoms with Gasteiger partial charge in [-0.1, -0.05) is 0 Å². The van der Waals surface area contributed by atoms with Crippen molar-refractivity contribution in [3.8, 4) is 0 Å². The minimum Gasteiger partial charge on any atom is -0.371 e. The van der Waals surface area contributed by atoms with E-state index < -0.39 is 59.8 Å². The molecule has 2 aromatic heterocycles.